The van der Waals surface area contributed by atoms with Crippen molar-refractivity contribution in [3.8, 4) is 0 Å². The van der Waals surface area contributed by atoms with Crippen LogP contribution >= 0.6 is 23.2 Å². The van der Waals surface area contributed by atoms with E-state index in [0.29, 0.717) is 0 Å². The summed E-state index contributed by atoms with van der Waals surface area (Å²) in [4.78, 5) is 11.2. The maximum absolute atomic E-state index is 12.8. The van der Waals surface area contributed by atoms with E-state index in [4.69, 9.17) is 28.3 Å². The summed E-state index contributed by atoms with van der Waals surface area (Å²) in [6.07, 6.45) is -4.89. The van der Waals surface area contributed by atoms with Crippen molar-refractivity contribution in [2.45, 2.75) is 22.3 Å². The molecule has 1 atom stereocenters. The molecule has 0 amide bonds. The van der Waals surface area contributed by atoms with Gasteiger partial charge >= 0.3 is 12.1 Å². The second-order valence-corrected chi connectivity index (χ2v) is 5.62. The van der Waals surface area contributed by atoms with Crippen molar-refractivity contribution in [3.63, 3.8) is 0 Å². The monoisotopic (exact) mass is 298 g/mol. The van der Waals surface area contributed by atoms with Crippen LogP contribution in [0.3, 0.4) is 0 Å². The topological polar surface area (TPSA) is 37.3 Å². The maximum atomic E-state index is 12.8. The van der Waals surface area contributed by atoms with Gasteiger partial charge in [-0.3, -0.25) is 4.79 Å². The Kier molecular flexibility index (Phi) is 2.83. The minimum absolute atomic E-state index is 0.245. The van der Waals surface area contributed by atoms with Crippen LogP contribution in [0.4, 0.5) is 13.2 Å². The zero-order valence-corrected chi connectivity index (χ0v) is 10.3. The van der Waals surface area contributed by atoms with Gasteiger partial charge in [-0.15, -0.1) is 0 Å². The van der Waals surface area contributed by atoms with Crippen LogP contribution in [0.1, 0.15) is 17.5 Å². The van der Waals surface area contributed by atoms with Crippen molar-refractivity contribution in [2.75, 3.05) is 0 Å². The van der Waals surface area contributed by atoms with Gasteiger partial charge in [0, 0.05) is 6.42 Å². The maximum Gasteiger partial charge on any atom is 0.416 e. The first kappa shape index (κ1) is 13.5. The Morgan fingerprint density at radius 1 is 1.28 bits per heavy atom. The molecule has 0 heterocycles. The number of hydrogen-bond donors (Lipinski definition) is 1. The van der Waals surface area contributed by atoms with E-state index in [2.05, 4.69) is 0 Å². The Hall–Kier alpha value is -0.940. The third-order valence-electron chi connectivity index (χ3n) is 3.04. The van der Waals surface area contributed by atoms with Crippen molar-refractivity contribution in [2.24, 2.45) is 0 Å². The second-order valence-electron chi connectivity index (χ2n) is 4.14. The molecular weight excluding hydrogens is 292 g/mol. The van der Waals surface area contributed by atoms with Crippen molar-refractivity contribution in [3.05, 3.63) is 35.4 Å². The third kappa shape index (κ3) is 1.77. The summed E-state index contributed by atoms with van der Waals surface area (Å²) < 4.78 is 36.8. The van der Waals surface area contributed by atoms with E-state index >= 15 is 0 Å². The zero-order chi connectivity index (χ0) is 13.8. The molecule has 0 radical (unpaired) electrons. The second kappa shape index (κ2) is 3.78. The van der Waals surface area contributed by atoms with Gasteiger partial charge in [-0.05, 0) is 11.6 Å². The molecule has 1 unspecified atom stereocenters. The van der Waals surface area contributed by atoms with Crippen LogP contribution in [0.2, 0.25) is 0 Å². The molecule has 98 valence electrons. The van der Waals surface area contributed by atoms with Gasteiger partial charge in [0.1, 0.15) is 9.75 Å². The normalized spacial score (nSPS) is 25.8. The van der Waals surface area contributed by atoms with E-state index in [0.717, 1.165) is 12.1 Å². The lowest BCUT2D eigenvalue weighted by molar-refractivity contribution is -0.142. The molecule has 1 saturated carbocycles. The van der Waals surface area contributed by atoms with Crippen LogP contribution in [0.25, 0.3) is 0 Å². The number of hydrogen-bond acceptors (Lipinski definition) is 1. The molecular formula is C11H7Cl2F3O2. The lowest BCUT2D eigenvalue weighted by Crippen LogP contribution is -2.29. The van der Waals surface area contributed by atoms with E-state index in [9.17, 15) is 18.0 Å². The lowest BCUT2D eigenvalue weighted by atomic mass is 9.91. The first-order valence-corrected chi connectivity index (χ1v) is 5.66. The van der Waals surface area contributed by atoms with E-state index in [1.54, 1.807) is 0 Å². The molecule has 1 aromatic rings. The van der Waals surface area contributed by atoms with E-state index < -0.39 is 33.0 Å². The molecule has 2 rings (SSSR count). The van der Waals surface area contributed by atoms with E-state index in [1.807, 2.05) is 0 Å². The Labute approximate surface area is 110 Å². The number of aliphatic carboxylic acids is 1. The van der Waals surface area contributed by atoms with E-state index in [1.165, 1.54) is 12.1 Å². The highest BCUT2D eigenvalue weighted by Crippen LogP contribution is 2.66. The summed E-state index contributed by atoms with van der Waals surface area (Å²) in [5, 5.41) is 9.15. The highest BCUT2D eigenvalue weighted by atomic mass is 35.5. The van der Waals surface area contributed by atoms with Crippen LogP contribution < -0.4 is 0 Å². The van der Waals surface area contributed by atoms with Gasteiger partial charge in [-0.1, -0.05) is 41.4 Å². The molecule has 1 aliphatic carbocycles. The van der Waals surface area contributed by atoms with Crippen LogP contribution in [-0.4, -0.2) is 15.4 Å². The van der Waals surface area contributed by atoms with Gasteiger partial charge in [0.25, 0.3) is 0 Å². The molecule has 0 bridgehead atoms. The van der Waals surface area contributed by atoms with Crippen LogP contribution in [-0.2, 0) is 16.4 Å². The fraction of sp³-hybridized carbons (Fsp3) is 0.364. The summed E-state index contributed by atoms with van der Waals surface area (Å²) in [7, 11) is 0. The Bertz CT molecular complexity index is 513. The summed E-state index contributed by atoms with van der Waals surface area (Å²) in [5.74, 6) is -1.45. The van der Waals surface area contributed by atoms with E-state index in [-0.39, 0.29) is 6.42 Å². The minimum Gasteiger partial charge on any atom is -0.480 e. The number of carboxylic acid groups (broad SMARTS) is 1. The van der Waals surface area contributed by atoms with Crippen molar-refractivity contribution in [1.29, 1.82) is 0 Å². The Morgan fingerprint density at radius 3 is 2.17 bits per heavy atom. The molecule has 0 aliphatic heterocycles. The zero-order valence-electron chi connectivity index (χ0n) is 8.76. The first-order valence-electron chi connectivity index (χ1n) is 4.91. The largest absolute Gasteiger partial charge is 0.480 e. The molecule has 7 heteroatoms. The highest BCUT2D eigenvalue weighted by molar-refractivity contribution is 6.54. The highest BCUT2D eigenvalue weighted by Gasteiger charge is 2.74. The van der Waals surface area contributed by atoms with Gasteiger partial charge in [0.2, 0.25) is 0 Å². The van der Waals surface area contributed by atoms with Gasteiger partial charge < -0.3 is 5.11 Å². The number of carboxylic acids is 1. The molecule has 1 aromatic carbocycles. The van der Waals surface area contributed by atoms with Crippen molar-refractivity contribution < 1.29 is 23.1 Å². The quantitative estimate of drug-likeness (QED) is 0.847. The smallest absolute Gasteiger partial charge is 0.416 e. The number of rotatable bonds is 2. The SMILES string of the molecule is O=C(O)C1(c2ccccc2C(F)(F)F)CC1(Cl)Cl. The van der Waals surface area contributed by atoms with Gasteiger partial charge in [-0.2, -0.15) is 13.2 Å². The Morgan fingerprint density at radius 2 is 1.78 bits per heavy atom. The number of halogens is 5. The molecule has 0 spiro atoms. The molecule has 0 saturated heterocycles. The fourth-order valence-corrected chi connectivity index (χ4v) is 2.80. The summed E-state index contributed by atoms with van der Waals surface area (Å²) in [6.45, 7) is 0. The van der Waals surface area contributed by atoms with Crippen molar-refractivity contribution in [1.82, 2.24) is 0 Å². The average molecular weight is 299 g/mol. The van der Waals surface area contributed by atoms with Crippen LogP contribution in [0.5, 0.6) is 0 Å². The standard InChI is InChI=1S/C11H7Cl2F3O2/c12-10(13)5-9(10,8(17)18)6-3-1-2-4-7(6)11(14,15)16/h1-4H,5H2,(H,17,18). The van der Waals surface area contributed by atoms with Crippen LogP contribution in [0, 0.1) is 0 Å². The van der Waals surface area contributed by atoms with Gasteiger partial charge in [0.05, 0.1) is 5.56 Å². The van der Waals surface area contributed by atoms with Crippen molar-refractivity contribution >= 4 is 29.2 Å². The summed E-state index contributed by atoms with van der Waals surface area (Å²) in [6, 6.07) is 4.44. The molecule has 1 N–H and O–H groups in total. The minimum atomic E-state index is -4.65. The Balaban J connectivity index is 2.63. The predicted molar refractivity (Wildman–Crippen MR) is 59.8 cm³/mol. The van der Waals surface area contributed by atoms with Gasteiger partial charge in [0.15, 0.2) is 0 Å². The third-order valence-corrected chi connectivity index (χ3v) is 3.96. The van der Waals surface area contributed by atoms with Crippen LogP contribution in [0.15, 0.2) is 24.3 Å². The average Bonchev–Trinajstić information content (AvgIpc) is 2.82. The molecule has 1 fully saturated rings. The summed E-state index contributed by atoms with van der Waals surface area (Å²) in [5.41, 5.74) is -3.30. The fourth-order valence-electron chi connectivity index (χ4n) is 2.03. The molecule has 0 aromatic heterocycles. The molecule has 18 heavy (non-hydrogen) atoms. The number of carbonyl (C=O) groups is 1. The number of alkyl halides is 5. The molecule has 2 nitrogen and oxygen atoms in total. The summed E-state index contributed by atoms with van der Waals surface area (Å²) >= 11 is 11.5. The van der Waals surface area contributed by atoms with Gasteiger partial charge in [-0.25, -0.2) is 0 Å². The first-order chi connectivity index (χ1) is 8.13. The lowest BCUT2D eigenvalue weighted by Gasteiger charge is -2.19. The predicted octanol–water partition coefficient (Wildman–Crippen LogP) is 3.61. The number of benzene rings is 1. The molecule has 1 aliphatic rings.